The first-order valence-electron chi connectivity index (χ1n) is 9.28. The van der Waals surface area contributed by atoms with Gasteiger partial charge in [0.25, 0.3) is 5.91 Å². The molecule has 8 nitrogen and oxygen atoms in total. The van der Waals surface area contributed by atoms with Crippen molar-refractivity contribution in [3.8, 4) is 0 Å². The molecule has 1 aromatic heterocycles. The first-order chi connectivity index (χ1) is 12.8. The van der Waals surface area contributed by atoms with Crippen molar-refractivity contribution >= 4 is 23.6 Å². The molecule has 1 atom stereocenters. The Morgan fingerprint density at radius 2 is 2.00 bits per heavy atom. The van der Waals surface area contributed by atoms with E-state index in [1.165, 1.54) is 24.9 Å². The molecule has 1 saturated heterocycles. The average molecular weight is 376 g/mol. The van der Waals surface area contributed by atoms with Crippen molar-refractivity contribution in [2.45, 2.75) is 39.7 Å². The Morgan fingerprint density at radius 3 is 2.52 bits per heavy atom. The van der Waals surface area contributed by atoms with Crippen LogP contribution in [0.25, 0.3) is 0 Å². The van der Waals surface area contributed by atoms with Crippen LogP contribution in [0, 0.1) is 5.92 Å². The van der Waals surface area contributed by atoms with Gasteiger partial charge in [-0.3, -0.25) is 9.59 Å². The largest absolute Gasteiger partial charge is 0.480 e. The first kappa shape index (κ1) is 20.7. The number of aliphatic carboxylic acids is 1. The average Bonchev–Trinajstić information content (AvgIpc) is 2.65. The van der Waals surface area contributed by atoms with Crippen LogP contribution in [-0.4, -0.2) is 65.0 Å². The number of amides is 2. The maximum Gasteiger partial charge on any atom is 0.326 e. The van der Waals surface area contributed by atoms with Crippen LogP contribution in [0.1, 0.15) is 44.0 Å². The van der Waals surface area contributed by atoms with Crippen LogP contribution < -0.4 is 10.2 Å². The first-order valence-corrected chi connectivity index (χ1v) is 9.28. The number of aromatic nitrogens is 1. The van der Waals surface area contributed by atoms with E-state index in [0.29, 0.717) is 5.56 Å². The Labute approximate surface area is 159 Å². The predicted molar refractivity (Wildman–Crippen MR) is 102 cm³/mol. The van der Waals surface area contributed by atoms with Crippen molar-refractivity contribution in [2.24, 2.45) is 5.92 Å². The number of nitrogens with one attached hydrogen (secondary N) is 1. The van der Waals surface area contributed by atoms with Crippen LogP contribution in [0.2, 0.25) is 0 Å². The predicted octanol–water partition coefficient (Wildman–Crippen LogP) is 1.37. The summed E-state index contributed by atoms with van der Waals surface area (Å²) in [6.45, 7) is 7.25. The molecule has 0 radical (unpaired) electrons. The van der Waals surface area contributed by atoms with Gasteiger partial charge in [-0.05, 0) is 37.8 Å². The Hall–Kier alpha value is -2.64. The SMILES string of the molecule is CC(=O)NCCN(C(=O)c1ccc(N2CCC(C)CC2)nc1)C(C)C(=O)O. The van der Waals surface area contributed by atoms with Crippen molar-refractivity contribution in [3.63, 3.8) is 0 Å². The lowest BCUT2D eigenvalue weighted by atomic mass is 9.99. The van der Waals surface area contributed by atoms with E-state index in [9.17, 15) is 19.5 Å². The van der Waals surface area contributed by atoms with E-state index < -0.39 is 17.9 Å². The molecule has 0 saturated carbocycles. The number of carboxylic acid groups (broad SMARTS) is 1. The lowest BCUT2D eigenvalue weighted by molar-refractivity contribution is -0.141. The van der Waals surface area contributed by atoms with Gasteiger partial charge in [0.1, 0.15) is 11.9 Å². The number of carboxylic acids is 1. The number of hydrogen-bond donors (Lipinski definition) is 2. The summed E-state index contributed by atoms with van der Waals surface area (Å²) in [6, 6.07) is 2.48. The molecule has 1 aliphatic rings. The van der Waals surface area contributed by atoms with Crippen LogP contribution in [0.15, 0.2) is 18.3 Å². The highest BCUT2D eigenvalue weighted by Crippen LogP contribution is 2.21. The standard InChI is InChI=1S/C19H28N4O4/c1-13-6-9-22(10-7-13)17-5-4-16(12-21-17)18(25)23(14(2)19(26)27)11-8-20-15(3)24/h4-5,12-14H,6-11H2,1-3H3,(H,20,24)(H,26,27). The number of anilines is 1. The van der Waals surface area contributed by atoms with E-state index >= 15 is 0 Å². The Morgan fingerprint density at radius 1 is 1.33 bits per heavy atom. The van der Waals surface area contributed by atoms with Crippen LogP contribution >= 0.6 is 0 Å². The molecular weight excluding hydrogens is 348 g/mol. The number of piperidine rings is 1. The summed E-state index contributed by atoms with van der Waals surface area (Å²) in [5.41, 5.74) is 0.333. The minimum atomic E-state index is -1.10. The molecule has 2 rings (SSSR count). The third-order valence-corrected chi connectivity index (χ3v) is 4.91. The number of rotatable bonds is 7. The molecular formula is C19H28N4O4. The quantitative estimate of drug-likeness (QED) is 0.745. The highest BCUT2D eigenvalue weighted by atomic mass is 16.4. The molecule has 0 spiro atoms. The van der Waals surface area contributed by atoms with Gasteiger partial charge in [-0.1, -0.05) is 6.92 Å². The lowest BCUT2D eigenvalue weighted by Crippen LogP contribution is -2.46. The number of hydrogen-bond acceptors (Lipinski definition) is 5. The maximum absolute atomic E-state index is 12.8. The molecule has 0 aromatic carbocycles. The Kier molecular flexibility index (Phi) is 7.15. The second-order valence-corrected chi connectivity index (χ2v) is 7.07. The minimum Gasteiger partial charge on any atom is -0.480 e. The van der Waals surface area contributed by atoms with Crippen molar-refractivity contribution in [2.75, 3.05) is 31.1 Å². The number of carbonyl (C=O) groups excluding carboxylic acids is 2. The molecule has 0 bridgehead atoms. The van der Waals surface area contributed by atoms with Gasteiger partial charge in [-0.2, -0.15) is 0 Å². The molecule has 2 heterocycles. The summed E-state index contributed by atoms with van der Waals surface area (Å²) in [5, 5.41) is 11.9. The zero-order valence-corrected chi connectivity index (χ0v) is 16.1. The summed E-state index contributed by atoms with van der Waals surface area (Å²) >= 11 is 0. The molecule has 27 heavy (non-hydrogen) atoms. The van der Waals surface area contributed by atoms with Gasteiger partial charge in [0.05, 0.1) is 5.56 Å². The zero-order valence-electron chi connectivity index (χ0n) is 16.1. The van der Waals surface area contributed by atoms with Crippen molar-refractivity contribution < 1.29 is 19.5 Å². The summed E-state index contributed by atoms with van der Waals surface area (Å²) in [5.74, 6) is -0.196. The van der Waals surface area contributed by atoms with E-state index in [1.807, 2.05) is 0 Å². The summed E-state index contributed by atoms with van der Waals surface area (Å²) in [7, 11) is 0. The molecule has 8 heteroatoms. The van der Waals surface area contributed by atoms with Gasteiger partial charge in [0.2, 0.25) is 5.91 Å². The van der Waals surface area contributed by atoms with E-state index in [1.54, 1.807) is 12.1 Å². The zero-order chi connectivity index (χ0) is 20.0. The topological polar surface area (TPSA) is 103 Å². The van der Waals surface area contributed by atoms with Gasteiger partial charge in [-0.25, -0.2) is 9.78 Å². The lowest BCUT2D eigenvalue weighted by Gasteiger charge is -2.31. The van der Waals surface area contributed by atoms with Crippen molar-refractivity contribution in [1.82, 2.24) is 15.2 Å². The van der Waals surface area contributed by atoms with Crippen LogP contribution in [0.3, 0.4) is 0 Å². The van der Waals surface area contributed by atoms with Gasteiger partial charge in [0, 0.05) is 39.3 Å². The van der Waals surface area contributed by atoms with Crippen molar-refractivity contribution in [3.05, 3.63) is 23.9 Å². The molecule has 1 fully saturated rings. The molecule has 148 valence electrons. The second kappa shape index (κ2) is 9.34. The van der Waals surface area contributed by atoms with E-state index in [-0.39, 0.29) is 19.0 Å². The summed E-state index contributed by atoms with van der Waals surface area (Å²) in [6.07, 6.45) is 3.74. The normalized spacial score (nSPS) is 15.9. The highest BCUT2D eigenvalue weighted by Gasteiger charge is 2.27. The molecule has 1 aromatic rings. The molecule has 1 aliphatic heterocycles. The second-order valence-electron chi connectivity index (χ2n) is 7.07. The van der Waals surface area contributed by atoms with Gasteiger partial charge in [0.15, 0.2) is 0 Å². The van der Waals surface area contributed by atoms with Crippen LogP contribution in [0.4, 0.5) is 5.82 Å². The van der Waals surface area contributed by atoms with Crippen LogP contribution in [-0.2, 0) is 9.59 Å². The number of carbonyl (C=O) groups is 3. The molecule has 1 unspecified atom stereocenters. The summed E-state index contributed by atoms with van der Waals surface area (Å²) < 4.78 is 0. The van der Waals surface area contributed by atoms with Gasteiger partial charge in [-0.15, -0.1) is 0 Å². The van der Waals surface area contributed by atoms with Gasteiger partial charge >= 0.3 is 5.97 Å². The fraction of sp³-hybridized carbons (Fsp3) is 0.579. The molecule has 2 N–H and O–H groups in total. The smallest absolute Gasteiger partial charge is 0.326 e. The van der Waals surface area contributed by atoms with Crippen molar-refractivity contribution in [1.29, 1.82) is 0 Å². The maximum atomic E-state index is 12.8. The summed E-state index contributed by atoms with van der Waals surface area (Å²) in [4.78, 5) is 43.0. The van der Waals surface area contributed by atoms with E-state index in [4.69, 9.17) is 0 Å². The molecule has 2 amide bonds. The Bertz CT molecular complexity index is 669. The Balaban J connectivity index is 2.09. The third-order valence-electron chi connectivity index (χ3n) is 4.91. The fourth-order valence-corrected chi connectivity index (χ4v) is 3.06. The molecule has 0 aliphatic carbocycles. The monoisotopic (exact) mass is 376 g/mol. The van der Waals surface area contributed by atoms with E-state index in [2.05, 4.69) is 22.1 Å². The number of nitrogens with zero attached hydrogens (tertiary/aromatic N) is 3. The minimum absolute atomic E-state index is 0.109. The third kappa shape index (κ3) is 5.67. The van der Waals surface area contributed by atoms with Gasteiger partial charge < -0.3 is 20.2 Å². The fourth-order valence-electron chi connectivity index (χ4n) is 3.06. The van der Waals surface area contributed by atoms with E-state index in [0.717, 1.165) is 37.7 Å². The highest BCUT2D eigenvalue weighted by molar-refractivity contribution is 5.96. The number of pyridine rings is 1. The van der Waals surface area contributed by atoms with Crippen LogP contribution in [0.5, 0.6) is 0 Å².